The number of hydrogen-bond acceptors (Lipinski definition) is 9. The molecule has 0 unspecified atom stereocenters. The van der Waals surface area contributed by atoms with Crippen molar-refractivity contribution in [3.8, 4) is 0 Å². The predicted octanol–water partition coefficient (Wildman–Crippen LogP) is 2.52. The van der Waals surface area contributed by atoms with Crippen molar-refractivity contribution in [2.24, 2.45) is 16.8 Å². The number of hydrogen-bond donors (Lipinski definition) is 5. The molecule has 13 heteroatoms. The number of carbonyl (C=O) groups excluding carboxylic acids is 1. The van der Waals surface area contributed by atoms with Crippen LogP contribution in [0.3, 0.4) is 0 Å². The van der Waals surface area contributed by atoms with E-state index in [9.17, 15) is 39.6 Å². The van der Waals surface area contributed by atoms with Crippen LogP contribution < -0.4 is 34.7 Å². The molecule has 1 aliphatic carbocycles. The second kappa shape index (κ2) is 25.6. The Morgan fingerprint density at radius 2 is 1.86 bits per heavy atom. The smallest absolute Gasteiger partial charge is 0.859 e. The number of cyclic esters (lactones) is 1. The van der Waals surface area contributed by atoms with Crippen molar-refractivity contribution in [1.29, 1.82) is 0 Å². The van der Waals surface area contributed by atoms with Gasteiger partial charge in [0.2, 0.25) is 0 Å². The maximum Gasteiger partial charge on any atom is 1.00 e. The molecule has 0 amide bonds. The van der Waals surface area contributed by atoms with E-state index in [2.05, 4.69) is 11.9 Å². The minimum Gasteiger partial charge on any atom is -0.859 e. The molecule has 278 valence electrons. The molecular formula is C37H59NNaO10P. The molecular weight excluding hydrogens is 672 g/mol. The van der Waals surface area contributed by atoms with Gasteiger partial charge in [-0.15, -0.1) is 0 Å². The summed E-state index contributed by atoms with van der Waals surface area (Å²) in [6.07, 6.45) is 23.7. The largest absolute Gasteiger partial charge is 1.00 e. The maximum atomic E-state index is 12.5. The number of aliphatic imine (C=N–C) groups is 1. The monoisotopic (exact) mass is 731 g/mol. The van der Waals surface area contributed by atoms with Crippen LogP contribution in [0.25, 0.3) is 0 Å². The molecule has 0 saturated heterocycles. The first-order valence-electron chi connectivity index (χ1n) is 18.0. The number of aliphatic hydroxyl groups is 3. The number of nitrogens with zero attached hydrogens (tertiary/aromatic N) is 1. The normalized spacial score (nSPS) is 24.5. The first-order valence-corrected chi connectivity index (χ1v) is 19.5. The number of phosphoric acid groups is 1. The number of phosphoric ester groups is 1. The number of ether oxygens (including phenoxy) is 1. The van der Waals surface area contributed by atoms with Crippen LogP contribution in [-0.2, 0) is 18.6 Å². The molecule has 7 atom stereocenters. The number of carbonyl (C=O) groups is 1. The van der Waals surface area contributed by atoms with E-state index in [4.69, 9.17) is 9.26 Å². The van der Waals surface area contributed by atoms with Gasteiger partial charge >= 0.3 is 43.3 Å². The first-order chi connectivity index (χ1) is 23.3. The van der Waals surface area contributed by atoms with E-state index in [-0.39, 0.29) is 60.5 Å². The number of allylic oxidation sites excluding steroid dienone is 4. The third-order valence-electron chi connectivity index (χ3n) is 9.01. The van der Waals surface area contributed by atoms with Gasteiger partial charge < -0.3 is 39.9 Å². The van der Waals surface area contributed by atoms with Crippen molar-refractivity contribution in [3.63, 3.8) is 0 Å². The van der Waals surface area contributed by atoms with Crippen LogP contribution in [0.4, 0.5) is 0 Å². The molecule has 0 aromatic carbocycles. The van der Waals surface area contributed by atoms with Gasteiger partial charge in [0.05, 0.1) is 12.2 Å². The molecule has 2 aliphatic rings. The third-order valence-corrected chi connectivity index (χ3v) is 9.54. The zero-order valence-electron chi connectivity index (χ0n) is 30.2. The van der Waals surface area contributed by atoms with Gasteiger partial charge in [0.25, 0.3) is 0 Å². The third kappa shape index (κ3) is 20.0. The van der Waals surface area contributed by atoms with E-state index in [1.54, 1.807) is 24.3 Å². The van der Waals surface area contributed by atoms with Crippen molar-refractivity contribution in [2.45, 2.75) is 140 Å². The minimum absolute atomic E-state index is 0. The van der Waals surface area contributed by atoms with Gasteiger partial charge in [0.1, 0.15) is 17.8 Å². The first kappa shape index (κ1) is 46.7. The standard InChI is InChI=1S/C37H60NO10P.Na/c1-3-5-6-7-8-9-10-11-12-20-35(41)38-26-25-37(43,24-23-33-30(4-2)21-22-36(42)47-33)34(48-49(44,45)46)28-32(40)18-14-13-16-29-17-15-19-31(39)27-29;/h12-14,16,18,20-24,29-34,39-40,43H,3-11,15,17,19,25-28H2,1-2H3,(H,38,41)(H2,44,45,46);/q;+1/p-1/b16-13-,18-14-,20-12+,24-23+;/t29-,30+,31+,32+,33+,34-,37+;/m1./s1. The molecule has 0 aromatic heterocycles. The Hall–Kier alpha value is -1.37. The number of esters is 1. The van der Waals surface area contributed by atoms with E-state index in [0.29, 0.717) is 12.8 Å². The van der Waals surface area contributed by atoms with Gasteiger partial charge in [-0.1, -0.05) is 107 Å². The SMILES string of the molecule is CCCCCCCCC/C=C/C([O-])=NCC[C@@](O)(/C=C/[C@@H]1OC(=O)C=C[C@@H]1CC)[C@@H](C[C@@H](O)/C=C\C=C/[C@@H]1CCC[C@H](O)C1)OP(=O)(O)O.[Na+]. The molecule has 1 saturated carbocycles. The van der Waals surface area contributed by atoms with Crippen LogP contribution in [0.1, 0.15) is 110 Å². The second-order valence-corrected chi connectivity index (χ2v) is 14.4. The Morgan fingerprint density at radius 3 is 2.54 bits per heavy atom. The second-order valence-electron chi connectivity index (χ2n) is 13.2. The average molecular weight is 732 g/mol. The van der Waals surface area contributed by atoms with Crippen LogP contribution in [-0.4, -0.2) is 73.5 Å². The Morgan fingerprint density at radius 1 is 1.14 bits per heavy atom. The summed E-state index contributed by atoms with van der Waals surface area (Å²) in [7, 11) is -5.17. The fourth-order valence-electron chi connectivity index (χ4n) is 6.13. The maximum absolute atomic E-state index is 12.5. The van der Waals surface area contributed by atoms with Crippen molar-refractivity contribution >= 4 is 19.7 Å². The van der Waals surface area contributed by atoms with Crippen molar-refractivity contribution < 1.29 is 78.4 Å². The molecule has 0 spiro atoms. The van der Waals surface area contributed by atoms with E-state index in [0.717, 1.165) is 44.9 Å². The molecule has 1 fully saturated rings. The van der Waals surface area contributed by atoms with Crippen LogP contribution in [0.2, 0.25) is 0 Å². The molecule has 11 nitrogen and oxygen atoms in total. The van der Waals surface area contributed by atoms with Crippen molar-refractivity contribution in [1.82, 2.24) is 0 Å². The Balaban J connectivity index is 0.0000125. The van der Waals surface area contributed by atoms with E-state index < -0.39 is 50.0 Å². The molecule has 0 radical (unpaired) electrons. The fraction of sp³-hybridized carbons (Fsp3) is 0.676. The molecule has 5 N–H and O–H groups in total. The van der Waals surface area contributed by atoms with E-state index in [1.165, 1.54) is 56.1 Å². The Kier molecular flexibility index (Phi) is 23.9. The Labute approximate surface area is 320 Å². The van der Waals surface area contributed by atoms with Crippen molar-refractivity contribution in [3.05, 3.63) is 60.8 Å². The zero-order valence-corrected chi connectivity index (χ0v) is 33.1. The summed E-state index contributed by atoms with van der Waals surface area (Å²) in [5.41, 5.74) is -2.12. The molecule has 2 rings (SSSR count). The predicted molar refractivity (Wildman–Crippen MR) is 189 cm³/mol. The molecule has 1 heterocycles. The van der Waals surface area contributed by atoms with E-state index in [1.807, 2.05) is 13.0 Å². The van der Waals surface area contributed by atoms with Gasteiger partial charge in [0, 0.05) is 31.4 Å². The van der Waals surface area contributed by atoms with Crippen LogP contribution in [0.15, 0.2) is 65.8 Å². The number of unbranched alkanes of at least 4 members (excludes halogenated alkanes) is 7. The topological polar surface area (TPSA) is 189 Å². The van der Waals surface area contributed by atoms with Gasteiger partial charge in [-0.3, -0.25) is 4.52 Å². The summed E-state index contributed by atoms with van der Waals surface area (Å²) in [6.45, 7) is 3.88. The molecule has 1 aliphatic heterocycles. The summed E-state index contributed by atoms with van der Waals surface area (Å²) in [5, 5.41) is 45.1. The minimum atomic E-state index is -5.17. The fourth-order valence-corrected chi connectivity index (χ4v) is 6.73. The van der Waals surface area contributed by atoms with Crippen LogP contribution in [0, 0.1) is 11.8 Å². The number of aliphatic hydroxyl groups excluding tert-OH is 2. The van der Waals surface area contributed by atoms with Crippen molar-refractivity contribution in [2.75, 3.05) is 6.54 Å². The average Bonchev–Trinajstić information content (AvgIpc) is 3.04. The van der Waals surface area contributed by atoms with Gasteiger partial charge in [0.15, 0.2) is 0 Å². The molecule has 0 aromatic rings. The summed E-state index contributed by atoms with van der Waals surface area (Å²) in [5.74, 6) is -1.05. The van der Waals surface area contributed by atoms with Gasteiger partial charge in [-0.25, -0.2) is 9.36 Å². The summed E-state index contributed by atoms with van der Waals surface area (Å²) >= 11 is 0. The van der Waals surface area contributed by atoms with Crippen LogP contribution in [0.5, 0.6) is 0 Å². The van der Waals surface area contributed by atoms with Gasteiger partial charge in [-0.05, 0) is 56.4 Å². The van der Waals surface area contributed by atoms with Crippen LogP contribution >= 0.6 is 7.82 Å². The molecule has 0 bridgehead atoms. The quantitative estimate of drug-likeness (QED) is 0.0153. The summed E-state index contributed by atoms with van der Waals surface area (Å²) in [6, 6.07) is 0. The zero-order chi connectivity index (χ0) is 36.1. The van der Waals surface area contributed by atoms with E-state index >= 15 is 0 Å². The Bertz CT molecular complexity index is 1200. The summed E-state index contributed by atoms with van der Waals surface area (Å²) in [4.78, 5) is 35.5. The van der Waals surface area contributed by atoms with Gasteiger partial charge in [-0.2, -0.15) is 0 Å². The summed E-state index contributed by atoms with van der Waals surface area (Å²) < 4.78 is 22.5. The number of rotatable bonds is 23. The molecule has 50 heavy (non-hydrogen) atoms.